The van der Waals surface area contributed by atoms with E-state index < -0.39 is 0 Å². The summed E-state index contributed by atoms with van der Waals surface area (Å²) < 4.78 is 7.67. The molecule has 5 nitrogen and oxygen atoms in total. The lowest BCUT2D eigenvalue weighted by atomic mass is 9.44. The fraction of sp³-hybridized carbons (Fsp3) is 0.759. The van der Waals surface area contributed by atoms with Crippen LogP contribution in [-0.2, 0) is 16.1 Å². The number of hydrogen-bond acceptors (Lipinski definition) is 4. The Bertz CT molecular complexity index is 1120. The Hall–Kier alpha value is -1.46. The summed E-state index contributed by atoms with van der Waals surface area (Å²) >= 11 is 6.44. The largest absolute Gasteiger partial charge is 0.384 e. The molecule has 1 heterocycles. The van der Waals surface area contributed by atoms with E-state index in [0.717, 1.165) is 47.7 Å². The normalized spacial score (nSPS) is 40.8. The van der Waals surface area contributed by atoms with E-state index >= 15 is 0 Å². The van der Waals surface area contributed by atoms with E-state index in [1.54, 1.807) is 4.68 Å². The number of ketones is 1. The summed E-state index contributed by atoms with van der Waals surface area (Å²) in [6, 6.07) is 5.63. The lowest BCUT2D eigenvalue weighted by molar-refractivity contribution is -0.154. The van der Waals surface area contributed by atoms with Crippen molar-refractivity contribution in [3.63, 3.8) is 0 Å². The van der Waals surface area contributed by atoms with Crippen LogP contribution in [0.4, 0.5) is 0 Å². The van der Waals surface area contributed by atoms with E-state index in [9.17, 15) is 4.79 Å². The summed E-state index contributed by atoms with van der Waals surface area (Å²) in [6.45, 7) is 6.08. The molecule has 4 aliphatic carbocycles. The quantitative estimate of drug-likeness (QED) is 0.468. The van der Waals surface area contributed by atoms with E-state index in [4.69, 9.17) is 16.3 Å². The van der Waals surface area contributed by atoms with Gasteiger partial charge in [-0.3, -0.25) is 4.79 Å². The van der Waals surface area contributed by atoms with E-state index in [1.807, 2.05) is 25.3 Å². The standard InChI is InChI=1S/C29H40ClN3O2/c1-18-11-14-29(17-35-3)19(15-18)7-8-20-21-9-10-23(28(21,2)13-12-22(20)29)26(34)16-33-27-24(30)5-4-6-25(27)31-32-33/h4-6,18-23H,7-17H2,1-3H3. The Morgan fingerprint density at radius 1 is 1.14 bits per heavy atom. The second-order valence-corrected chi connectivity index (χ2v) is 13.1. The summed E-state index contributed by atoms with van der Waals surface area (Å²) in [4.78, 5) is 13.8. The van der Waals surface area contributed by atoms with Crippen LogP contribution in [0.5, 0.6) is 0 Å². The maximum Gasteiger partial charge on any atom is 0.157 e. The smallest absolute Gasteiger partial charge is 0.157 e. The minimum absolute atomic E-state index is 0.0987. The average Bonchev–Trinajstić information content (AvgIpc) is 3.41. The third-order valence-corrected chi connectivity index (χ3v) is 11.5. The molecule has 0 saturated heterocycles. The topological polar surface area (TPSA) is 57.0 Å². The number of carbonyl (C=O) groups is 1. The number of para-hydroxylation sites is 1. The van der Waals surface area contributed by atoms with Crippen LogP contribution in [0.2, 0.25) is 5.02 Å². The molecule has 0 aliphatic heterocycles. The van der Waals surface area contributed by atoms with Gasteiger partial charge in [-0.15, -0.1) is 5.10 Å². The van der Waals surface area contributed by atoms with Crippen LogP contribution in [-0.4, -0.2) is 34.5 Å². The first-order chi connectivity index (χ1) is 16.9. The number of halogens is 1. The molecule has 4 aliphatic rings. The number of fused-ring (bicyclic) bond motifs is 6. The minimum atomic E-state index is 0.0987. The predicted octanol–water partition coefficient (Wildman–Crippen LogP) is 6.58. The van der Waals surface area contributed by atoms with Crippen molar-refractivity contribution in [2.45, 2.75) is 78.2 Å². The Morgan fingerprint density at radius 3 is 2.83 bits per heavy atom. The van der Waals surface area contributed by atoms with E-state index in [2.05, 4.69) is 24.2 Å². The molecule has 4 fully saturated rings. The van der Waals surface area contributed by atoms with E-state index in [0.29, 0.717) is 22.1 Å². The lowest BCUT2D eigenvalue weighted by Gasteiger charge is -2.61. The van der Waals surface area contributed by atoms with E-state index in [1.165, 1.54) is 51.4 Å². The van der Waals surface area contributed by atoms with Crippen LogP contribution >= 0.6 is 11.6 Å². The van der Waals surface area contributed by atoms with Gasteiger partial charge in [0.25, 0.3) is 0 Å². The van der Waals surface area contributed by atoms with Gasteiger partial charge in [-0.1, -0.05) is 43.1 Å². The van der Waals surface area contributed by atoms with Gasteiger partial charge in [0.15, 0.2) is 5.78 Å². The summed E-state index contributed by atoms with van der Waals surface area (Å²) in [5.41, 5.74) is 1.99. The third kappa shape index (κ3) is 3.62. The Morgan fingerprint density at radius 2 is 2.00 bits per heavy atom. The number of hydrogen-bond donors (Lipinski definition) is 0. The first-order valence-corrected chi connectivity index (χ1v) is 14.2. The van der Waals surface area contributed by atoms with Gasteiger partial charge in [0, 0.05) is 13.0 Å². The first kappa shape index (κ1) is 23.9. The van der Waals surface area contributed by atoms with Gasteiger partial charge in [0.2, 0.25) is 0 Å². The minimum Gasteiger partial charge on any atom is -0.384 e. The number of Topliss-reactive ketones (excluding diaryl/α,β-unsaturated/α-hetero) is 1. The molecule has 1 aromatic carbocycles. The van der Waals surface area contributed by atoms with Gasteiger partial charge in [0.05, 0.1) is 11.6 Å². The zero-order valence-corrected chi connectivity index (χ0v) is 22.3. The molecule has 0 radical (unpaired) electrons. The Labute approximate surface area is 214 Å². The van der Waals surface area contributed by atoms with Crippen molar-refractivity contribution in [3.05, 3.63) is 23.2 Å². The number of nitrogens with zero attached hydrogens (tertiary/aromatic N) is 3. The highest BCUT2D eigenvalue weighted by molar-refractivity contribution is 6.34. The van der Waals surface area contributed by atoms with Crippen molar-refractivity contribution in [2.24, 2.45) is 46.3 Å². The molecule has 0 bridgehead atoms. The fourth-order valence-electron chi connectivity index (χ4n) is 9.70. The zero-order chi connectivity index (χ0) is 24.4. The second-order valence-electron chi connectivity index (χ2n) is 12.7. The fourth-order valence-corrected chi connectivity index (χ4v) is 9.97. The molecule has 0 amide bonds. The second kappa shape index (κ2) is 8.83. The highest BCUT2D eigenvalue weighted by Gasteiger charge is 2.62. The van der Waals surface area contributed by atoms with Gasteiger partial charge in [0.1, 0.15) is 17.6 Å². The van der Waals surface area contributed by atoms with Crippen molar-refractivity contribution in [2.75, 3.05) is 13.7 Å². The van der Waals surface area contributed by atoms with E-state index in [-0.39, 0.29) is 17.9 Å². The molecule has 8 unspecified atom stereocenters. The molecule has 8 atom stereocenters. The van der Waals surface area contributed by atoms with Crippen molar-refractivity contribution in [1.29, 1.82) is 0 Å². The summed E-state index contributed by atoms with van der Waals surface area (Å²) in [7, 11) is 1.91. The van der Waals surface area contributed by atoms with Crippen LogP contribution in [0.1, 0.15) is 71.6 Å². The molecular formula is C29H40ClN3O2. The summed E-state index contributed by atoms with van der Waals surface area (Å²) in [6.07, 6.45) is 11.4. The molecule has 35 heavy (non-hydrogen) atoms. The molecule has 4 saturated carbocycles. The van der Waals surface area contributed by atoms with Crippen molar-refractivity contribution in [3.8, 4) is 0 Å². The maximum atomic E-state index is 13.8. The number of rotatable bonds is 5. The summed E-state index contributed by atoms with van der Waals surface area (Å²) in [5, 5.41) is 9.14. The number of aromatic nitrogens is 3. The van der Waals surface area contributed by atoms with Gasteiger partial charge in [-0.2, -0.15) is 0 Å². The molecule has 6 rings (SSSR count). The van der Waals surface area contributed by atoms with Crippen molar-refractivity contribution < 1.29 is 9.53 Å². The van der Waals surface area contributed by atoms with Gasteiger partial charge in [-0.25, -0.2) is 4.68 Å². The molecule has 190 valence electrons. The number of benzene rings is 1. The van der Waals surface area contributed by atoms with Crippen LogP contribution < -0.4 is 0 Å². The lowest BCUT2D eigenvalue weighted by Crippen LogP contribution is -2.56. The highest BCUT2D eigenvalue weighted by Crippen LogP contribution is 2.68. The SMILES string of the molecule is COCC12CCC(C)CC1CCC1C3CCC(C(=O)Cn4nnc5cccc(Cl)c54)C3(C)CCC12. The van der Waals surface area contributed by atoms with Gasteiger partial charge in [-0.05, 0) is 104 Å². The third-order valence-electron chi connectivity index (χ3n) is 11.2. The maximum absolute atomic E-state index is 13.8. The molecule has 0 N–H and O–H groups in total. The number of carbonyl (C=O) groups excluding carboxylic acids is 1. The Balaban J connectivity index is 1.24. The zero-order valence-electron chi connectivity index (χ0n) is 21.5. The molecule has 0 spiro atoms. The molecule has 1 aromatic heterocycles. The average molecular weight is 498 g/mol. The first-order valence-electron chi connectivity index (χ1n) is 13.9. The number of ether oxygens (including phenoxy) is 1. The van der Waals surface area contributed by atoms with Crippen LogP contribution in [0, 0.1) is 46.3 Å². The van der Waals surface area contributed by atoms with Crippen molar-refractivity contribution >= 4 is 28.4 Å². The van der Waals surface area contributed by atoms with Gasteiger partial charge < -0.3 is 4.74 Å². The molecular weight excluding hydrogens is 458 g/mol. The van der Waals surface area contributed by atoms with Crippen LogP contribution in [0.15, 0.2) is 18.2 Å². The molecule has 6 heteroatoms. The monoisotopic (exact) mass is 497 g/mol. The van der Waals surface area contributed by atoms with Crippen LogP contribution in [0.3, 0.4) is 0 Å². The van der Waals surface area contributed by atoms with Crippen LogP contribution in [0.25, 0.3) is 11.0 Å². The summed E-state index contributed by atoms with van der Waals surface area (Å²) in [5.74, 6) is 4.25. The van der Waals surface area contributed by atoms with Crippen molar-refractivity contribution in [1.82, 2.24) is 15.0 Å². The highest BCUT2D eigenvalue weighted by atomic mass is 35.5. The Kier molecular flexibility index (Phi) is 6.03. The predicted molar refractivity (Wildman–Crippen MR) is 138 cm³/mol. The number of methoxy groups -OCH3 is 1. The molecule has 2 aromatic rings. The van der Waals surface area contributed by atoms with Gasteiger partial charge >= 0.3 is 0 Å².